The van der Waals surface area contributed by atoms with Crippen molar-refractivity contribution in [1.29, 1.82) is 0 Å². The number of hydrogen-bond acceptors (Lipinski definition) is 4. The minimum absolute atomic E-state index is 0.0361. The number of para-hydroxylation sites is 1. The Labute approximate surface area is 102 Å². The molecule has 1 aliphatic rings. The lowest BCUT2D eigenvalue weighted by Gasteiger charge is -2.22. The predicted octanol–water partition coefficient (Wildman–Crippen LogP) is 1.25. The molecule has 17 heavy (non-hydrogen) atoms. The molecule has 0 saturated carbocycles. The average molecular weight is 236 g/mol. The van der Waals surface area contributed by atoms with E-state index < -0.39 is 0 Å². The molecular weight excluding hydrogens is 216 g/mol. The highest BCUT2D eigenvalue weighted by Crippen LogP contribution is 2.29. The Kier molecular flexibility index (Phi) is 4.36. The van der Waals surface area contributed by atoms with Crippen molar-refractivity contribution in [3.63, 3.8) is 0 Å². The third-order valence-electron chi connectivity index (χ3n) is 2.98. The monoisotopic (exact) mass is 236 g/mol. The van der Waals surface area contributed by atoms with Crippen molar-refractivity contribution in [3.8, 4) is 5.75 Å². The van der Waals surface area contributed by atoms with Crippen molar-refractivity contribution in [2.45, 2.75) is 31.9 Å². The SMILES string of the molecule is CCCOCC(NN)C1Cc2ccccc2O1. The molecule has 1 aliphatic heterocycles. The molecule has 1 aromatic carbocycles. The molecule has 2 rings (SSSR count). The van der Waals surface area contributed by atoms with E-state index in [0.29, 0.717) is 6.61 Å². The van der Waals surface area contributed by atoms with Crippen LogP contribution in [0.4, 0.5) is 0 Å². The zero-order chi connectivity index (χ0) is 12.1. The van der Waals surface area contributed by atoms with E-state index in [-0.39, 0.29) is 12.1 Å². The number of rotatable bonds is 6. The lowest BCUT2D eigenvalue weighted by molar-refractivity contribution is 0.0678. The van der Waals surface area contributed by atoms with Crippen LogP contribution in [-0.2, 0) is 11.2 Å². The smallest absolute Gasteiger partial charge is 0.123 e. The minimum atomic E-state index is 0.0361. The van der Waals surface area contributed by atoms with Crippen LogP contribution in [0.25, 0.3) is 0 Å². The maximum Gasteiger partial charge on any atom is 0.123 e. The number of nitrogens with one attached hydrogen (secondary N) is 1. The summed E-state index contributed by atoms with van der Waals surface area (Å²) in [4.78, 5) is 0. The fraction of sp³-hybridized carbons (Fsp3) is 0.538. The second-order valence-corrected chi connectivity index (χ2v) is 4.32. The zero-order valence-corrected chi connectivity index (χ0v) is 10.2. The molecule has 4 nitrogen and oxygen atoms in total. The summed E-state index contributed by atoms with van der Waals surface area (Å²) in [6.45, 7) is 3.44. The summed E-state index contributed by atoms with van der Waals surface area (Å²) in [7, 11) is 0. The lowest BCUT2D eigenvalue weighted by Crippen LogP contribution is -2.49. The first-order chi connectivity index (χ1) is 8.35. The van der Waals surface area contributed by atoms with Gasteiger partial charge >= 0.3 is 0 Å². The number of fused-ring (bicyclic) bond motifs is 1. The van der Waals surface area contributed by atoms with Crippen LogP contribution in [-0.4, -0.2) is 25.4 Å². The molecule has 1 aromatic rings. The van der Waals surface area contributed by atoms with Gasteiger partial charge in [-0.15, -0.1) is 0 Å². The van der Waals surface area contributed by atoms with Gasteiger partial charge in [-0.3, -0.25) is 11.3 Å². The number of benzene rings is 1. The Balaban J connectivity index is 1.91. The zero-order valence-electron chi connectivity index (χ0n) is 10.2. The molecule has 4 heteroatoms. The summed E-state index contributed by atoms with van der Waals surface area (Å²) in [5, 5.41) is 0. The van der Waals surface area contributed by atoms with Gasteiger partial charge in [0.2, 0.25) is 0 Å². The van der Waals surface area contributed by atoms with Crippen molar-refractivity contribution < 1.29 is 9.47 Å². The molecule has 0 spiro atoms. The Hall–Kier alpha value is -1.10. The molecule has 0 radical (unpaired) electrons. The van der Waals surface area contributed by atoms with Gasteiger partial charge in [0.05, 0.1) is 12.6 Å². The molecule has 0 bridgehead atoms. The topological polar surface area (TPSA) is 56.5 Å². The van der Waals surface area contributed by atoms with E-state index in [4.69, 9.17) is 15.3 Å². The molecular formula is C13H20N2O2. The summed E-state index contributed by atoms with van der Waals surface area (Å²) >= 11 is 0. The predicted molar refractivity (Wildman–Crippen MR) is 66.8 cm³/mol. The van der Waals surface area contributed by atoms with Crippen molar-refractivity contribution >= 4 is 0 Å². The lowest BCUT2D eigenvalue weighted by atomic mass is 10.1. The molecule has 94 valence electrons. The summed E-state index contributed by atoms with van der Waals surface area (Å²) in [6, 6.07) is 8.14. The standard InChI is InChI=1S/C13H20N2O2/c1-2-7-16-9-11(15-14)13-8-10-5-3-4-6-12(10)17-13/h3-6,11,13,15H,2,7-9,14H2,1H3. The van der Waals surface area contributed by atoms with Crippen molar-refractivity contribution in [1.82, 2.24) is 5.43 Å². The van der Waals surface area contributed by atoms with Crippen LogP contribution in [0.3, 0.4) is 0 Å². The number of hydrazine groups is 1. The van der Waals surface area contributed by atoms with Crippen molar-refractivity contribution in [2.24, 2.45) is 5.84 Å². The Morgan fingerprint density at radius 3 is 3.06 bits per heavy atom. The van der Waals surface area contributed by atoms with E-state index in [1.54, 1.807) is 0 Å². The average Bonchev–Trinajstić information content (AvgIpc) is 2.78. The van der Waals surface area contributed by atoms with Gasteiger partial charge in [0.25, 0.3) is 0 Å². The third kappa shape index (κ3) is 2.97. The van der Waals surface area contributed by atoms with E-state index in [0.717, 1.165) is 25.2 Å². The van der Waals surface area contributed by atoms with Crippen LogP contribution in [0.15, 0.2) is 24.3 Å². The number of nitrogens with two attached hydrogens (primary N) is 1. The van der Waals surface area contributed by atoms with Gasteiger partial charge in [0.1, 0.15) is 11.9 Å². The molecule has 0 saturated heterocycles. The van der Waals surface area contributed by atoms with E-state index in [1.165, 1.54) is 5.56 Å². The number of hydrogen-bond donors (Lipinski definition) is 2. The van der Waals surface area contributed by atoms with E-state index in [1.807, 2.05) is 18.2 Å². The molecule has 3 N–H and O–H groups in total. The van der Waals surface area contributed by atoms with Gasteiger partial charge in [-0.25, -0.2) is 0 Å². The summed E-state index contributed by atoms with van der Waals surface area (Å²) < 4.78 is 11.4. The molecule has 0 amide bonds. The normalized spacial score (nSPS) is 19.8. The van der Waals surface area contributed by atoms with Crippen LogP contribution >= 0.6 is 0 Å². The highest BCUT2D eigenvalue weighted by Gasteiger charge is 2.29. The summed E-state index contributed by atoms with van der Waals surface area (Å²) in [6.07, 6.45) is 1.97. The van der Waals surface area contributed by atoms with Crippen LogP contribution in [0.2, 0.25) is 0 Å². The van der Waals surface area contributed by atoms with Gasteiger partial charge in [-0.1, -0.05) is 25.1 Å². The van der Waals surface area contributed by atoms with Crippen LogP contribution in [0, 0.1) is 0 Å². The first-order valence-corrected chi connectivity index (χ1v) is 6.13. The second kappa shape index (κ2) is 6.00. The summed E-state index contributed by atoms with van der Waals surface area (Å²) in [5.74, 6) is 6.53. The quantitative estimate of drug-likeness (QED) is 0.443. The second-order valence-electron chi connectivity index (χ2n) is 4.32. The van der Waals surface area contributed by atoms with E-state index >= 15 is 0 Å². The minimum Gasteiger partial charge on any atom is -0.488 e. The Morgan fingerprint density at radius 1 is 1.53 bits per heavy atom. The summed E-state index contributed by atoms with van der Waals surface area (Å²) in [5.41, 5.74) is 4.03. The fourth-order valence-corrected chi connectivity index (χ4v) is 2.05. The van der Waals surface area contributed by atoms with Crippen molar-refractivity contribution in [2.75, 3.05) is 13.2 Å². The molecule has 0 fully saturated rings. The molecule has 0 aliphatic carbocycles. The molecule has 0 aromatic heterocycles. The highest BCUT2D eigenvalue weighted by molar-refractivity contribution is 5.37. The maximum atomic E-state index is 5.87. The van der Waals surface area contributed by atoms with E-state index in [2.05, 4.69) is 18.4 Å². The van der Waals surface area contributed by atoms with Crippen molar-refractivity contribution in [3.05, 3.63) is 29.8 Å². The third-order valence-corrected chi connectivity index (χ3v) is 2.98. The molecule has 2 atom stereocenters. The largest absolute Gasteiger partial charge is 0.488 e. The highest BCUT2D eigenvalue weighted by atomic mass is 16.5. The Bertz CT molecular complexity index is 332. The van der Waals surface area contributed by atoms with Gasteiger partial charge in [-0.05, 0) is 18.1 Å². The van der Waals surface area contributed by atoms with Gasteiger partial charge in [-0.2, -0.15) is 0 Å². The van der Waals surface area contributed by atoms with E-state index in [9.17, 15) is 0 Å². The maximum absolute atomic E-state index is 5.87. The first-order valence-electron chi connectivity index (χ1n) is 6.13. The molecule has 2 unspecified atom stereocenters. The van der Waals surface area contributed by atoms with Gasteiger partial charge in [0, 0.05) is 13.0 Å². The first kappa shape index (κ1) is 12.4. The van der Waals surface area contributed by atoms with Gasteiger partial charge < -0.3 is 9.47 Å². The number of ether oxygens (including phenoxy) is 2. The van der Waals surface area contributed by atoms with Gasteiger partial charge in [0.15, 0.2) is 0 Å². The van der Waals surface area contributed by atoms with Crippen LogP contribution in [0.1, 0.15) is 18.9 Å². The Morgan fingerprint density at radius 2 is 2.35 bits per heavy atom. The van der Waals surface area contributed by atoms with Crippen LogP contribution in [0.5, 0.6) is 5.75 Å². The molecule has 1 heterocycles. The van der Waals surface area contributed by atoms with Crippen LogP contribution < -0.4 is 16.0 Å². The fourth-order valence-electron chi connectivity index (χ4n) is 2.05.